The van der Waals surface area contributed by atoms with E-state index < -0.39 is 0 Å². The van der Waals surface area contributed by atoms with Gasteiger partial charge in [0.15, 0.2) is 0 Å². The van der Waals surface area contributed by atoms with Gasteiger partial charge in [0.2, 0.25) is 0 Å². The summed E-state index contributed by atoms with van der Waals surface area (Å²) >= 11 is 3.41. The van der Waals surface area contributed by atoms with Crippen LogP contribution in [0.15, 0.2) is 22.7 Å². The third kappa shape index (κ3) is 2.56. The lowest BCUT2D eigenvalue weighted by molar-refractivity contribution is 0.0658. The third-order valence-electron chi connectivity index (χ3n) is 4.34. The van der Waals surface area contributed by atoms with Crippen molar-refractivity contribution in [1.82, 2.24) is 10.2 Å². The first-order valence-electron chi connectivity index (χ1n) is 7.05. The molecule has 1 aromatic rings. The van der Waals surface area contributed by atoms with Crippen LogP contribution in [0, 0.1) is 5.92 Å². The van der Waals surface area contributed by atoms with Crippen LogP contribution >= 0.6 is 15.9 Å². The van der Waals surface area contributed by atoms with Crippen molar-refractivity contribution in [3.63, 3.8) is 0 Å². The van der Waals surface area contributed by atoms with Crippen LogP contribution < -0.4 is 10.1 Å². The van der Waals surface area contributed by atoms with Gasteiger partial charge in [-0.05, 0) is 43.5 Å². The summed E-state index contributed by atoms with van der Waals surface area (Å²) in [7, 11) is 1.60. The molecule has 1 N–H and O–H groups in total. The summed E-state index contributed by atoms with van der Waals surface area (Å²) in [6.45, 7) is 2.76. The van der Waals surface area contributed by atoms with Gasteiger partial charge < -0.3 is 15.0 Å². The number of rotatable bonds is 2. The minimum absolute atomic E-state index is 0.0831. The molecule has 20 heavy (non-hydrogen) atoms. The van der Waals surface area contributed by atoms with E-state index in [-0.39, 0.29) is 5.91 Å². The minimum atomic E-state index is 0.0831. The van der Waals surface area contributed by atoms with Crippen molar-refractivity contribution in [3.8, 4) is 5.75 Å². The molecule has 1 aromatic carbocycles. The predicted molar refractivity (Wildman–Crippen MR) is 81.1 cm³/mol. The highest BCUT2D eigenvalue weighted by atomic mass is 79.9. The van der Waals surface area contributed by atoms with Gasteiger partial charge in [-0.3, -0.25) is 4.79 Å². The lowest BCUT2D eigenvalue weighted by atomic mass is 9.93. The van der Waals surface area contributed by atoms with Crippen molar-refractivity contribution in [2.75, 3.05) is 26.7 Å². The van der Waals surface area contributed by atoms with Crippen LogP contribution in [0.25, 0.3) is 0 Å². The normalized spacial score (nSPS) is 25.4. The zero-order chi connectivity index (χ0) is 14.1. The summed E-state index contributed by atoms with van der Waals surface area (Å²) in [6.07, 6.45) is 2.22. The number of benzene rings is 1. The molecule has 2 aliphatic rings. The third-order valence-corrected chi connectivity index (χ3v) is 4.83. The Labute approximate surface area is 127 Å². The number of fused-ring (bicyclic) bond motifs is 1. The number of carbonyl (C=O) groups excluding carboxylic acids is 1. The van der Waals surface area contributed by atoms with E-state index in [9.17, 15) is 4.79 Å². The topological polar surface area (TPSA) is 41.6 Å². The van der Waals surface area contributed by atoms with Crippen molar-refractivity contribution >= 4 is 21.8 Å². The Morgan fingerprint density at radius 3 is 3.10 bits per heavy atom. The standard InChI is InChI=1S/C15H19BrN2O2/c1-20-14-8-11(16)2-3-12(14)15(19)18-7-5-13-10(9-18)4-6-17-13/h2-3,8,10,13,17H,4-7,9H2,1H3. The van der Waals surface area contributed by atoms with E-state index in [4.69, 9.17) is 4.74 Å². The molecule has 1 amide bonds. The first-order valence-corrected chi connectivity index (χ1v) is 7.84. The maximum absolute atomic E-state index is 12.7. The molecule has 0 aromatic heterocycles. The number of piperidine rings is 1. The van der Waals surface area contributed by atoms with Crippen LogP contribution in [-0.2, 0) is 0 Å². The van der Waals surface area contributed by atoms with Gasteiger partial charge in [0.25, 0.3) is 5.91 Å². The number of nitrogens with one attached hydrogen (secondary N) is 1. The van der Waals surface area contributed by atoms with Gasteiger partial charge in [-0.2, -0.15) is 0 Å². The number of halogens is 1. The smallest absolute Gasteiger partial charge is 0.257 e. The fraction of sp³-hybridized carbons (Fsp3) is 0.533. The maximum Gasteiger partial charge on any atom is 0.257 e. The molecule has 108 valence electrons. The molecule has 2 fully saturated rings. The maximum atomic E-state index is 12.7. The molecule has 3 rings (SSSR count). The molecule has 5 heteroatoms. The molecule has 0 bridgehead atoms. The number of carbonyl (C=O) groups is 1. The van der Waals surface area contributed by atoms with Crippen molar-refractivity contribution in [2.24, 2.45) is 5.92 Å². The fourth-order valence-electron chi connectivity index (χ4n) is 3.24. The van der Waals surface area contributed by atoms with E-state index >= 15 is 0 Å². The van der Waals surface area contributed by atoms with Gasteiger partial charge in [-0.25, -0.2) is 0 Å². The van der Waals surface area contributed by atoms with Crippen LogP contribution in [0.5, 0.6) is 5.75 Å². The van der Waals surface area contributed by atoms with Gasteiger partial charge in [0, 0.05) is 23.6 Å². The van der Waals surface area contributed by atoms with E-state index in [0.717, 1.165) is 30.5 Å². The van der Waals surface area contributed by atoms with Crippen molar-refractivity contribution in [2.45, 2.75) is 18.9 Å². The van der Waals surface area contributed by atoms with Gasteiger partial charge in [0.1, 0.15) is 5.75 Å². The number of hydrogen-bond donors (Lipinski definition) is 1. The highest BCUT2D eigenvalue weighted by Crippen LogP contribution is 2.29. The van der Waals surface area contributed by atoms with Crippen LogP contribution in [0.2, 0.25) is 0 Å². The average Bonchev–Trinajstić information content (AvgIpc) is 2.93. The van der Waals surface area contributed by atoms with Crippen LogP contribution in [0.4, 0.5) is 0 Å². The molecule has 0 aliphatic carbocycles. The van der Waals surface area contributed by atoms with E-state index in [2.05, 4.69) is 21.2 Å². The molecule has 2 heterocycles. The number of likely N-dealkylation sites (tertiary alicyclic amines) is 1. The zero-order valence-corrected chi connectivity index (χ0v) is 13.1. The summed E-state index contributed by atoms with van der Waals surface area (Å²) in [5.41, 5.74) is 0.653. The van der Waals surface area contributed by atoms with Gasteiger partial charge in [0.05, 0.1) is 12.7 Å². The van der Waals surface area contributed by atoms with E-state index in [1.54, 1.807) is 7.11 Å². The summed E-state index contributed by atoms with van der Waals surface area (Å²) in [4.78, 5) is 14.7. The Bertz CT molecular complexity index is 521. The lowest BCUT2D eigenvalue weighted by Crippen LogP contribution is -2.46. The first kappa shape index (κ1) is 13.9. The molecular formula is C15H19BrN2O2. The molecule has 4 nitrogen and oxygen atoms in total. The van der Waals surface area contributed by atoms with Gasteiger partial charge >= 0.3 is 0 Å². The summed E-state index contributed by atoms with van der Waals surface area (Å²) < 4.78 is 6.26. The Kier molecular flexibility index (Phi) is 3.98. The highest BCUT2D eigenvalue weighted by Gasteiger charge is 2.35. The average molecular weight is 339 g/mol. The van der Waals surface area contributed by atoms with Crippen molar-refractivity contribution in [1.29, 1.82) is 0 Å². The number of nitrogens with zero attached hydrogens (tertiary/aromatic N) is 1. The molecule has 0 saturated carbocycles. The number of methoxy groups -OCH3 is 1. The van der Waals surface area contributed by atoms with E-state index in [0.29, 0.717) is 23.3 Å². The van der Waals surface area contributed by atoms with Crippen molar-refractivity contribution in [3.05, 3.63) is 28.2 Å². The van der Waals surface area contributed by atoms with Gasteiger partial charge in [-0.15, -0.1) is 0 Å². The Hall–Kier alpha value is -1.07. The quantitative estimate of drug-likeness (QED) is 0.899. The monoisotopic (exact) mass is 338 g/mol. The zero-order valence-electron chi connectivity index (χ0n) is 11.6. The molecule has 0 radical (unpaired) electrons. The Morgan fingerprint density at radius 1 is 1.45 bits per heavy atom. The highest BCUT2D eigenvalue weighted by molar-refractivity contribution is 9.10. The molecule has 2 aliphatic heterocycles. The lowest BCUT2D eigenvalue weighted by Gasteiger charge is -2.35. The van der Waals surface area contributed by atoms with Crippen LogP contribution in [-0.4, -0.2) is 43.6 Å². The minimum Gasteiger partial charge on any atom is -0.496 e. The molecule has 2 atom stereocenters. The fourth-order valence-corrected chi connectivity index (χ4v) is 3.58. The predicted octanol–water partition coefficient (Wildman–Crippen LogP) is 2.28. The number of amides is 1. The second-order valence-electron chi connectivity index (χ2n) is 5.49. The van der Waals surface area contributed by atoms with Crippen LogP contribution in [0.1, 0.15) is 23.2 Å². The SMILES string of the molecule is COc1cc(Br)ccc1C(=O)N1CCC2NCCC2C1. The van der Waals surface area contributed by atoms with Gasteiger partial charge in [-0.1, -0.05) is 15.9 Å². The Balaban J connectivity index is 1.79. The van der Waals surface area contributed by atoms with E-state index in [1.165, 1.54) is 6.42 Å². The molecular weight excluding hydrogens is 320 g/mol. The van der Waals surface area contributed by atoms with E-state index in [1.807, 2.05) is 23.1 Å². The first-order chi connectivity index (χ1) is 9.69. The summed E-state index contributed by atoms with van der Waals surface area (Å²) in [5.74, 6) is 1.32. The molecule has 2 saturated heterocycles. The second kappa shape index (κ2) is 5.74. The Morgan fingerprint density at radius 2 is 2.30 bits per heavy atom. The number of hydrogen-bond acceptors (Lipinski definition) is 3. The van der Waals surface area contributed by atoms with Crippen LogP contribution in [0.3, 0.4) is 0 Å². The molecule has 2 unspecified atom stereocenters. The summed E-state index contributed by atoms with van der Waals surface area (Å²) in [6, 6.07) is 6.17. The summed E-state index contributed by atoms with van der Waals surface area (Å²) in [5, 5.41) is 3.52. The number of ether oxygens (including phenoxy) is 1. The van der Waals surface area contributed by atoms with Crippen molar-refractivity contribution < 1.29 is 9.53 Å². The largest absolute Gasteiger partial charge is 0.496 e. The second-order valence-corrected chi connectivity index (χ2v) is 6.41. The molecule has 0 spiro atoms.